The molecule has 24 heavy (non-hydrogen) atoms. The molecule has 0 aromatic heterocycles. The molecule has 1 N–H and O–H groups in total. The minimum Gasteiger partial charge on any atom is -0.497 e. The van der Waals surface area contributed by atoms with Gasteiger partial charge < -0.3 is 15.0 Å². The topological polar surface area (TPSA) is 58.6 Å². The summed E-state index contributed by atoms with van der Waals surface area (Å²) < 4.78 is 5.11. The molecule has 0 bridgehead atoms. The fourth-order valence-corrected chi connectivity index (χ4v) is 2.89. The van der Waals surface area contributed by atoms with E-state index in [1.165, 1.54) is 0 Å². The Bertz CT molecular complexity index is 546. The number of amides is 2. The number of hydrogen-bond donors (Lipinski definition) is 1. The van der Waals surface area contributed by atoms with Crippen LogP contribution >= 0.6 is 0 Å². The third-order valence-corrected chi connectivity index (χ3v) is 4.51. The summed E-state index contributed by atoms with van der Waals surface area (Å²) in [6, 6.07) is 7.15. The summed E-state index contributed by atoms with van der Waals surface area (Å²) in [6.45, 7) is 6.30. The van der Waals surface area contributed by atoms with Crippen LogP contribution in [0.15, 0.2) is 24.3 Å². The molecular weight excluding hydrogens is 304 g/mol. The van der Waals surface area contributed by atoms with Crippen LogP contribution < -0.4 is 10.1 Å². The predicted octanol–water partition coefficient (Wildman–Crippen LogP) is 2.71. The molecule has 2 amide bonds. The van der Waals surface area contributed by atoms with Gasteiger partial charge in [0.05, 0.1) is 7.11 Å². The Hall–Kier alpha value is -2.04. The van der Waals surface area contributed by atoms with Crippen LogP contribution in [0.3, 0.4) is 0 Å². The van der Waals surface area contributed by atoms with E-state index in [0.717, 1.165) is 31.6 Å². The van der Waals surface area contributed by atoms with Crippen molar-refractivity contribution in [1.29, 1.82) is 0 Å². The summed E-state index contributed by atoms with van der Waals surface area (Å²) in [5.74, 6) is 1.51. The zero-order chi connectivity index (χ0) is 17.5. The van der Waals surface area contributed by atoms with Crippen molar-refractivity contribution in [1.82, 2.24) is 10.2 Å². The molecule has 0 radical (unpaired) electrons. The number of methoxy groups -OCH3 is 1. The average Bonchev–Trinajstić information content (AvgIpc) is 2.61. The zero-order valence-electron chi connectivity index (χ0n) is 14.9. The van der Waals surface area contributed by atoms with E-state index in [4.69, 9.17) is 4.74 Å². The first kappa shape index (κ1) is 18.3. The van der Waals surface area contributed by atoms with Crippen LogP contribution in [0.25, 0.3) is 0 Å². The Labute approximate surface area is 144 Å². The second-order valence-corrected chi connectivity index (χ2v) is 6.77. The molecule has 0 spiro atoms. The SMILES string of the molecule is COc1ccc(C(=O)N2CCC(C(=O)NCCC(C)C)CC2)cc1. The maximum atomic E-state index is 12.5. The normalized spacial score (nSPS) is 15.4. The summed E-state index contributed by atoms with van der Waals surface area (Å²) in [5, 5.41) is 3.02. The van der Waals surface area contributed by atoms with E-state index in [9.17, 15) is 9.59 Å². The molecule has 1 aliphatic heterocycles. The molecule has 1 heterocycles. The van der Waals surface area contributed by atoms with Crippen molar-refractivity contribution in [3.8, 4) is 5.75 Å². The van der Waals surface area contributed by atoms with Gasteiger partial charge in [0.2, 0.25) is 5.91 Å². The Morgan fingerprint density at radius 3 is 2.38 bits per heavy atom. The molecule has 0 aliphatic carbocycles. The molecule has 5 nitrogen and oxygen atoms in total. The smallest absolute Gasteiger partial charge is 0.253 e. The Balaban J connectivity index is 1.81. The van der Waals surface area contributed by atoms with Gasteiger partial charge >= 0.3 is 0 Å². The molecule has 0 saturated carbocycles. The number of benzene rings is 1. The second-order valence-electron chi connectivity index (χ2n) is 6.77. The van der Waals surface area contributed by atoms with Gasteiger partial charge in [0, 0.05) is 31.1 Å². The second kappa shape index (κ2) is 8.71. The van der Waals surface area contributed by atoms with Gasteiger partial charge in [-0.25, -0.2) is 0 Å². The summed E-state index contributed by atoms with van der Waals surface area (Å²) >= 11 is 0. The van der Waals surface area contributed by atoms with E-state index >= 15 is 0 Å². The van der Waals surface area contributed by atoms with E-state index in [2.05, 4.69) is 19.2 Å². The number of carbonyl (C=O) groups is 2. The minimum absolute atomic E-state index is 0.0244. The zero-order valence-corrected chi connectivity index (χ0v) is 14.9. The molecule has 2 rings (SSSR count). The molecule has 0 unspecified atom stereocenters. The maximum absolute atomic E-state index is 12.5. The van der Waals surface area contributed by atoms with Crippen molar-refractivity contribution >= 4 is 11.8 Å². The molecule has 5 heteroatoms. The standard InChI is InChI=1S/C19H28N2O3/c1-14(2)8-11-20-18(22)15-9-12-21(13-10-15)19(23)16-4-6-17(24-3)7-5-16/h4-7,14-15H,8-13H2,1-3H3,(H,20,22). The van der Waals surface area contributed by atoms with Crippen LogP contribution in [0.1, 0.15) is 43.5 Å². The number of hydrogen-bond acceptors (Lipinski definition) is 3. The van der Waals surface area contributed by atoms with E-state index in [-0.39, 0.29) is 17.7 Å². The first-order chi connectivity index (χ1) is 11.5. The number of carbonyl (C=O) groups excluding carboxylic acids is 2. The predicted molar refractivity (Wildman–Crippen MR) is 94.1 cm³/mol. The third kappa shape index (κ3) is 4.98. The molecule has 1 aromatic carbocycles. The van der Waals surface area contributed by atoms with Crippen molar-refractivity contribution in [2.45, 2.75) is 33.1 Å². The molecule has 1 fully saturated rings. The van der Waals surface area contributed by atoms with Crippen LogP contribution in [0.5, 0.6) is 5.75 Å². The van der Waals surface area contributed by atoms with Crippen LogP contribution in [0, 0.1) is 11.8 Å². The van der Waals surface area contributed by atoms with Crippen molar-refractivity contribution in [2.75, 3.05) is 26.7 Å². The monoisotopic (exact) mass is 332 g/mol. The van der Waals surface area contributed by atoms with Gasteiger partial charge in [-0.05, 0) is 49.4 Å². The van der Waals surface area contributed by atoms with E-state index in [0.29, 0.717) is 24.6 Å². The largest absolute Gasteiger partial charge is 0.497 e. The first-order valence-electron chi connectivity index (χ1n) is 8.72. The highest BCUT2D eigenvalue weighted by molar-refractivity contribution is 5.94. The first-order valence-corrected chi connectivity index (χ1v) is 8.72. The van der Waals surface area contributed by atoms with E-state index in [1.807, 2.05) is 4.90 Å². The van der Waals surface area contributed by atoms with Gasteiger partial charge in [-0.3, -0.25) is 9.59 Å². The van der Waals surface area contributed by atoms with Gasteiger partial charge in [-0.15, -0.1) is 0 Å². The lowest BCUT2D eigenvalue weighted by atomic mass is 9.95. The number of ether oxygens (including phenoxy) is 1. The summed E-state index contributed by atoms with van der Waals surface area (Å²) in [4.78, 5) is 26.5. The number of piperidine rings is 1. The van der Waals surface area contributed by atoms with Crippen molar-refractivity contribution < 1.29 is 14.3 Å². The van der Waals surface area contributed by atoms with Gasteiger partial charge in [0.25, 0.3) is 5.91 Å². The summed E-state index contributed by atoms with van der Waals surface area (Å²) in [5.41, 5.74) is 0.663. The molecule has 1 aliphatic rings. The van der Waals surface area contributed by atoms with Crippen LogP contribution in [-0.4, -0.2) is 43.5 Å². The average molecular weight is 332 g/mol. The van der Waals surface area contributed by atoms with E-state index in [1.54, 1.807) is 31.4 Å². The fourth-order valence-electron chi connectivity index (χ4n) is 2.89. The molecular formula is C19H28N2O3. The third-order valence-electron chi connectivity index (χ3n) is 4.51. The molecule has 1 saturated heterocycles. The number of nitrogens with one attached hydrogen (secondary N) is 1. The minimum atomic E-state index is 0.0244. The van der Waals surface area contributed by atoms with Crippen molar-refractivity contribution in [3.63, 3.8) is 0 Å². The maximum Gasteiger partial charge on any atom is 0.253 e. The number of rotatable bonds is 6. The lowest BCUT2D eigenvalue weighted by Crippen LogP contribution is -2.43. The van der Waals surface area contributed by atoms with Gasteiger partial charge in [-0.1, -0.05) is 13.8 Å². The highest BCUT2D eigenvalue weighted by Crippen LogP contribution is 2.20. The highest BCUT2D eigenvalue weighted by atomic mass is 16.5. The molecule has 1 aromatic rings. The van der Waals surface area contributed by atoms with E-state index < -0.39 is 0 Å². The Morgan fingerprint density at radius 2 is 1.83 bits per heavy atom. The molecule has 132 valence electrons. The molecule has 0 atom stereocenters. The van der Waals surface area contributed by atoms with Crippen LogP contribution in [-0.2, 0) is 4.79 Å². The highest BCUT2D eigenvalue weighted by Gasteiger charge is 2.27. The number of likely N-dealkylation sites (tertiary alicyclic amines) is 1. The quantitative estimate of drug-likeness (QED) is 0.871. The van der Waals surface area contributed by atoms with Gasteiger partial charge in [-0.2, -0.15) is 0 Å². The van der Waals surface area contributed by atoms with Gasteiger partial charge in [0.15, 0.2) is 0 Å². The fraction of sp³-hybridized carbons (Fsp3) is 0.579. The van der Waals surface area contributed by atoms with Crippen molar-refractivity contribution in [2.24, 2.45) is 11.8 Å². The van der Waals surface area contributed by atoms with Crippen LogP contribution in [0.2, 0.25) is 0 Å². The van der Waals surface area contributed by atoms with Crippen LogP contribution in [0.4, 0.5) is 0 Å². The summed E-state index contributed by atoms with van der Waals surface area (Å²) in [7, 11) is 1.60. The number of nitrogens with zero attached hydrogens (tertiary/aromatic N) is 1. The Morgan fingerprint density at radius 1 is 1.21 bits per heavy atom. The van der Waals surface area contributed by atoms with Gasteiger partial charge in [0.1, 0.15) is 5.75 Å². The Kier molecular flexibility index (Phi) is 6.64. The lowest BCUT2D eigenvalue weighted by molar-refractivity contribution is -0.126. The lowest BCUT2D eigenvalue weighted by Gasteiger charge is -2.31. The summed E-state index contributed by atoms with van der Waals surface area (Å²) in [6.07, 6.45) is 2.46. The van der Waals surface area contributed by atoms with Crippen molar-refractivity contribution in [3.05, 3.63) is 29.8 Å².